The van der Waals surface area contributed by atoms with Crippen molar-refractivity contribution in [2.75, 3.05) is 17.7 Å². The number of para-hydroxylation sites is 3. The van der Waals surface area contributed by atoms with E-state index in [9.17, 15) is 4.79 Å². The molecule has 4 nitrogen and oxygen atoms in total. The Morgan fingerprint density at radius 3 is 2.27 bits per heavy atom. The van der Waals surface area contributed by atoms with Crippen molar-refractivity contribution in [1.82, 2.24) is 0 Å². The van der Waals surface area contributed by atoms with E-state index >= 15 is 0 Å². The van der Waals surface area contributed by atoms with Crippen LogP contribution in [0.4, 0.5) is 17.1 Å². The Morgan fingerprint density at radius 2 is 1.54 bits per heavy atom. The van der Waals surface area contributed by atoms with E-state index in [0.29, 0.717) is 17.0 Å². The highest BCUT2D eigenvalue weighted by atomic mass is 16.5. The van der Waals surface area contributed by atoms with E-state index in [0.717, 1.165) is 16.9 Å². The number of carbonyl (C=O) groups is 1. The third kappa shape index (κ3) is 3.86. The van der Waals surface area contributed by atoms with Gasteiger partial charge in [-0.1, -0.05) is 42.0 Å². The SMILES string of the molecule is COc1ccccc1NC(=O)c1ccccc1Nc1ccc(C)cc1C. The van der Waals surface area contributed by atoms with Crippen LogP contribution in [0.3, 0.4) is 0 Å². The number of hydrogen-bond donors (Lipinski definition) is 2. The monoisotopic (exact) mass is 346 g/mol. The van der Waals surface area contributed by atoms with Crippen LogP contribution >= 0.6 is 0 Å². The molecule has 0 heterocycles. The Morgan fingerprint density at radius 1 is 0.846 bits per heavy atom. The standard InChI is InChI=1S/C22H22N2O2/c1-15-12-13-18(16(2)14-15)23-19-9-5-4-8-17(19)22(25)24-20-10-6-7-11-21(20)26-3/h4-14,23H,1-3H3,(H,24,25). The van der Waals surface area contributed by atoms with E-state index in [1.807, 2.05) is 61.5 Å². The topological polar surface area (TPSA) is 50.4 Å². The summed E-state index contributed by atoms with van der Waals surface area (Å²) in [6.07, 6.45) is 0. The van der Waals surface area contributed by atoms with E-state index in [1.165, 1.54) is 5.56 Å². The molecule has 0 fully saturated rings. The number of hydrogen-bond acceptors (Lipinski definition) is 3. The van der Waals surface area contributed by atoms with Crippen molar-refractivity contribution in [1.29, 1.82) is 0 Å². The molecule has 0 aliphatic rings. The molecule has 3 aromatic carbocycles. The summed E-state index contributed by atoms with van der Waals surface area (Å²) in [6, 6.07) is 21.0. The van der Waals surface area contributed by atoms with E-state index in [2.05, 4.69) is 23.6 Å². The molecule has 0 saturated heterocycles. The number of methoxy groups -OCH3 is 1. The van der Waals surface area contributed by atoms with Crippen LogP contribution in [-0.2, 0) is 0 Å². The molecule has 4 heteroatoms. The largest absolute Gasteiger partial charge is 0.495 e. The lowest BCUT2D eigenvalue weighted by Crippen LogP contribution is -2.14. The Kier molecular flexibility index (Phi) is 5.23. The summed E-state index contributed by atoms with van der Waals surface area (Å²) in [7, 11) is 1.58. The van der Waals surface area contributed by atoms with Crippen molar-refractivity contribution in [3.63, 3.8) is 0 Å². The van der Waals surface area contributed by atoms with E-state index in [4.69, 9.17) is 4.74 Å². The minimum Gasteiger partial charge on any atom is -0.495 e. The minimum atomic E-state index is -0.192. The molecule has 0 aliphatic carbocycles. The van der Waals surface area contributed by atoms with Gasteiger partial charge in [-0.05, 0) is 49.7 Å². The number of amides is 1. The van der Waals surface area contributed by atoms with Crippen molar-refractivity contribution < 1.29 is 9.53 Å². The molecule has 0 aliphatic heterocycles. The van der Waals surface area contributed by atoms with Crippen molar-refractivity contribution >= 4 is 23.0 Å². The van der Waals surface area contributed by atoms with E-state index < -0.39 is 0 Å². The van der Waals surface area contributed by atoms with Gasteiger partial charge in [0.15, 0.2) is 0 Å². The molecule has 0 saturated carbocycles. The second-order valence-electron chi connectivity index (χ2n) is 6.14. The minimum absolute atomic E-state index is 0.192. The molecule has 3 aromatic rings. The van der Waals surface area contributed by atoms with Crippen molar-refractivity contribution in [2.45, 2.75) is 13.8 Å². The van der Waals surface area contributed by atoms with Gasteiger partial charge in [0.1, 0.15) is 5.75 Å². The van der Waals surface area contributed by atoms with Crippen LogP contribution in [0, 0.1) is 13.8 Å². The third-order valence-electron chi connectivity index (χ3n) is 4.18. The van der Waals surface area contributed by atoms with E-state index in [1.54, 1.807) is 13.2 Å². The number of rotatable bonds is 5. The van der Waals surface area contributed by atoms with Gasteiger partial charge in [-0.2, -0.15) is 0 Å². The van der Waals surface area contributed by atoms with E-state index in [-0.39, 0.29) is 5.91 Å². The fourth-order valence-electron chi connectivity index (χ4n) is 2.83. The molecule has 3 rings (SSSR count). The summed E-state index contributed by atoms with van der Waals surface area (Å²) >= 11 is 0. The van der Waals surface area contributed by atoms with Gasteiger partial charge in [-0.25, -0.2) is 0 Å². The number of nitrogens with one attached hydrogen (secondary N) is 2. The Balaban J connectivity index is 1.88. The van der Waals surface area contributed by atoms with Crippen LogP contribution in [0.2, 0.25) is 0 Å². The lowest BCUT2D eigenvalue weighted by Gasteiger charge is -2.15. The molecule has 132 valence electrons. The van der Waals surface area contributed by atoms with Crippen molar-refractivity contribution in [3.8, 4) is 5.75 Å². The number of aryl methyl sites for hydroxylation is 2. The third-order valence-corrected chi connectivity index (χ3v) is 4.18. The van der Waals surface area contributed by atoms with Gasteiger partial charge in [0.2, 0.25) is 0 Å². The molecule has 0 aromatic heterocycles. The molecular formula is C22H22N2O2. The maximum atomic E-state index is 12.8. The van der Waals surface area contributed by atoms with Gasteiger partial charge in [0, 0.05) is 5.69 Å². The highest BCUT2D eigenvalue weighted by Gasteiger charge is 2.14. The highest BCUT2D eigenvalue weighted by molar-refractivity contribution is 6.09. The smallest absolute Gasteiger partial charge is 0.257 e. The quantitative estimate of drug-likeness (QED) is 0.658. The molecule has 1 amide bonds. The number of anilines is 3. The molecule has 26 heavy (non-hydrogen) atoms. The number of carbonyl (C=O) groups excluding carboxylic acids is 1. The highest BCUT2D eigenvalue weighted by Crippen LogP contribution is 2.27. The Hall–Kier alpha value is -3.27. The number of benzene rings is 3. The second kappa shape index (κ2) is 7.74. The molecule has 0 bridgehead atoms. The molecule has 2 N–H and O–H groups in total. The molecule has 0 spiro atoms. The maximum absolute atomic E-state index is 12.8. The van der Waals surface area contributed by atoms with Crippen LogP contribution in [-0.4, -0.2) is 13.0 Å². The summed E-state index contributed by atoms with van der Waals surface area (Å²) in [5.41, 5.74) is 5.28. The summed E-state index contributed by atoms with van der Waals surface area (Å²) in [5.74, 6) is 0.433. The summed E-state index contributed by atoms with van der Waals surface area (Å²) in [4.78, 5) is 12.8. The van der Waals surface area contributed by atoms with Gasteiger partial charge in [0.25, 0.3) is 5.91 Å². The Bertz CT molecular complexity index is 935. The van der Waals surface area contributed by atoms with Crippen LogP contribution in [0.15, 0.2) is 66.7 Å². The van der Waals surface area contributed by atoms with Crippen molar-refractivity contribution in [3.05, 3.63) is 83.4 Å². The van der Waals surface area contributed by atoms with Gasteiger partial charge < -0.3 is 15.4 Å². The zero-order valence-electron chi connectivity index (χ0n) is 15.2. The van der Waals surface area contributed by atoms with Crippen LogP contribution in [0.1, 0.15) is 21.5 Å². The Labute approximate surface area is 153 Å². The van der Waals surface area contributed by atoms with Gasteiger partial charge in [-0.3, -0.25) is 4.79 Å². The summed E-state index contributed by atoms with van der Waals surface area (Å²) < 4.78 is 5.30. The lowest BCUT2D eigenvalue weighted by atomic mass is 10.1. The van der Waals surface area contributed by atoms with Crippen LogP contribution in [0.25, 0.3) is 0 Å². The predicted molar refractivity (Wildman–Crippen MR) is 107 cm³/mol. The summed E-state index contributed by atoms with van der Waals surface area (Å²) in [6.45, 7) is 4.11. The lowest BCUT2D eigenvalue weighted by molar-refractivity contribution is 0.102. The molecule has 0 atom stereocenters. The van der Waals surface area contributed by atoms with Gasteiger partial charge in [-0.15, -0.1) is 0 Å². The molecular weight excluding hydrogens is 324 g/mol. The first-order valence-electron chi connectivity index (χ1n) is 8.46. The van der Waals surface area contributed by atoms with Crippen LogP contribution in [0.5, 0.6) is 5.75 Å². The van der Waals surface area contributed by atoms with Gasteiger partial charge in [0.05, 0.1) is 24.0 Å². The summed E-state index contributed by atoms with van der Waals surface area (Å²) in [5, 5.41) is 6.29. The first-order valence-corrected chi connectivity index (χ1v) is 8.46. The fraction of sp³-hybridized carbons (Fsp3) is 0.136. The zero-order chi connectivity index (χ0) is 18.5. The fourth-order valence-corrected chi connectivity index (χ4v) is 2.83. The van der Waals surface area contributed by atoms with Crippen molar-refractivity contribution in [2.24, 2.45) is 0 Å². The zero-order valence-corrected chi connectivity index (χ0v) is 15.2. The average molecular weight is 346 g/mol. The second-order valence-corrected chi connectivity index (χ2v) is 6.14. The number of ether oxygens (including phenoxy) is 1. The molecule has 0 radical (unpaired) electrons. The first-order chi connectivity index (χ1) is 12.6. The maximum Gasteiger partial charge on any atom is 0.257 e. The van der Waals surface area contributed by atoms with Crippen LogP contribution < -0.4 is 15.4 Å². The predicted octanol–water partition coefficient (Wildman–Crippen LogP) is 5.31. The molecule has 0 unspecified atom stereocenters. The first kappa shape index (κ1) is 17.5. The van der Waals surface area contributed by atoms with Gasteiger partial charge >= 0.3 is 0 Å². The normalized spacial score (nSPS) is 10.3. The average Bonchev–Trinajstić information content (AvgIpc) is 2.65.